The first-order valence-corrected chi connectivity index (χ1v) is 10.3. The molecule has 0 aliphatic heterocycles. The van der Waals surface area contributed by atoms with Gasteiger partial charge < -0.3 is 0 Å². The molecule has 138 valence electrons. The van der Waals surface area contributed by atoms with Crippen LogP contribution in [0.25, 0.3) is 16.9 Å². The van der Waals surface area contributed by atoms with Crippen molar-refractivity contribution in [2.75, 3.05) is 6.26 Å². The number of hydrogen-bond donors (Lipinski definition) is 0. The summed E-state index contributed by atoms with van der Waals surface area (Å²) in [5.41, 5.74) is 1.29. The van der Waals surface area contributed by atoms with Crippen LogP contribution < -0.4 is 4.87 Å². The number of halogens is 2. The molecule has 27 heavy (non-hydrogen) atoms. The molecule has 0 N–H and O–H groups in total. The summed E-state index contributed by atoms with van der Waals surface area (Å²) >= 11 is 0.796. The summed E-state index contributed by atoms with van der Waals surface area (Å²) in [6, 6.07) is 8.04. The molecule has 0 saturated heterocycles. The van der Waals surface area contributed by atoms with E-state index in [4.69, 9.17) is 5.26 Å². The first-order chi connectivity index (χ1) is 12.6. The zero-order valence-corrected chi connectivity index (χ0v) is 15.8. The molecule has 0 bridgehead atoms. The molecule has 5 nitrogen and oxygen atoms in total. The van der Waals surface area contributed by atoms with Crippen LogP contribution in [0.15, 0.2) is 45.4 Å². The van der Waals surface area contributed by atoms with E-state index in [0.717, 1.165) is 23.7 Å². The van der Waals surface area contributed by atoms with Crippen LogP contribution in [0.5, 0.6) is 0 Å². The van der Waals surface area contributed by atoms with E-state index >= 15 is 0 Å². The fourth-order valence-electron chi connectivity index (χ4n) is 2.66. The highest BCUT2D eigenvalue weighted by Gasteiger charge is 2.21. The molecule has 9 heteroatoms. The Kier molecular flexibility index (Phi) is 4.71. The van der Waals surface area contributed by atoms with Crippen molar-refractivity contribution < 1.29 is 17.2 Å². The molecule has 0 radical (unpaired) electrons. The van der Waals surface area contributed by atoms with Crippen molar-refractivity contribution in [2.24, 2.45) is 0 Å². The van der Waals surface area contributed by atoms with Crippen LogP contribution in [0.1, 0.15) is 11.1 Å². The fraction of sp³-hybridized carbons (Fsp3) is 0.111. The maximum absolute atomic E-state index is 14.6. The van der Waals surface area contributed by atoms with Gasteiger partial charge >= 0.3 is 4.87 Å². The Morgan fingerprint density at radius 3 is 2.44 bits per heavy atom. The molecule has 0 saturated carbocycles. The number of thiazole rings is 1. The zero-order valence-electron chi connectivity index (χ0n) is 14.2. The molecule has 1 aromatic heterocycles. The molecule has 0 amide bonds. The molecular formula is C18H12F2N2O3S2. The van der Waals surface area contributed by atoms with Gasteiger partial charge in [-0.15, -0.1) is 0 Å². The van der Waals surface area contributed by atoms with Crippen LogP contribution in [0.4, 0.5) is 8.78 Å². The highest BCUT2D eigenvalue weighted by atomic mass is 32.2. The van der Waals surface area contributed by atoms with E-state index in [1.54, 1.807) is 13.0 Å². The van der Waals surface area contributed by atoms with Crippen molar-refractivity contribution in [2.45, 2.75) is 11.8 Å². The second kappa shape index (κ2) is 6.72. The second-order valence-corrected chi connectivity index (χ2v) is 8.67. The van der Waals surface area contributed by atoms with Gasteiger partial charge in [-0.1, -0.05) is 11.3 Å². The number of sulfone groups is 1. The lowest BCUT2D eigenvalue weighted by molar-refractivity contribution is 0.557. The van der Waals surface area contributed by atoms with Gasteiger partial charge in [0.25, 0.3) is 0 Å². The number of hydrogen-bond acceptors (Lipinski definition) is 5. The predicted molar refractivity (Wildman–Crippen MR) is 97.8 cm³/mol. The lowest BCUT2D eigenvalue weighted by atomic mass is 10.1. The quantitative estimate of drug-likeness (QED) is 0.668. The standard InChI is InChI=1S/C18H12F2N2O3S2/c1-10-5-12(4-3-11(10)8-21)22-16(9-26-18(22)23)13-6-15(20)17(7-14(13)19)27(2,24)25/h3-7,9H,1-2H3. The van der Waals surface area contributed by atoms with Gasteiger partial charge in [-0.05, 0) is 42.8 Å². The van der Waals surface area contributed by atoms with Crippen LogP contribution >= 0.6 is 11.3 Å². The van der Waals surface area contributed by atoms with Gasteiger partial charge in [0.2, 0.25) is 0 Å². The average molecular weight is 406 g/mol. The Balaban J connectivity index is 2.25. The van der Waals surface area contributed by atoms with Crippen LogP contribution in [0.3, 0.4) is 0 Å². The molecule has 0 fully saturated rings. The number of rotatable bonds is 3. The van der Waals surface area contributed by atoms with Gasteiger partial charge in [0.05, 0.1) is 23.0 Å². The van der Waals surface area contributed by atoms with Crippen molar-refractivity contribution in [3.05, 3.63) is 68.1 Å². The molecule has 0 unspecified atom stereocenters. The van der Waals surface area contributed by atoms with Crippen molar-refractivity contribution in [1.82, 2.24) is 4.57 Å². The Labute approximate surface area is 157 Å². The molecule has 1 heterocycles. The number of aromatic nitrogens is 1. The summed E-state index contributed by atoms with van der Waals surface area (Å²) in [5.74, 6) is -2.07. The molecular weight excluding hydrogens is 394 g/mol. The van der Waals surface area contributed by atoms with E-state index < -0.39 is 31.2 Å². The maximum Gasteiger partial charge on any atom is 0.312 e. The maximum atomic E-state index is 14.6. The van der Waals surface area contributed by atoms with E-state index in [1.807, 2.05) is 6.07 Å². The third-order valence-electron chi connectivity index (χ3n) is 3.98. The first-order valence-electron chi connectivity index (χ1n) is 7.54. The third kappa shape index (κ3) is 3.41. The Morgan fingerprint density at radius 2 is 1.85 bits per heavy atom. The van der Waals surface area contributed by atoms with E-state index in [1.165, 1.54) is 22.1 Å². The smallest absolute Gasteiger partial charge is 0.267 e. The highest BCUT2D eigenvalue weighted by Crippen LogP contribution is 2.30. The fourth-order valence-corrected chi connectivity index (χ4v) is 4.14. The average Bonchev–Trinajstić information content (AvgIpc) is 2.97. The minimum atomic E-state index is -3.94. The Hall–Kier alpha value is -2.83. The topological polar surface area (TPSA) is 79.9 Å². The van der Waals surface area contributed by atoms with Crippen molar-refractivity contribution in [1.29, 1.82) is 5.26 Å². The largest absolute Gasteiger partial charge is 0.312 e. The van der Waals surface area contributed by atoms with Gasteiger partial charge in [-0.3, -0.25) is 9.36 Å². The zero-order chi connectivity index (χ0) is 19.9. The molecule has 2 aromatic carbocycles. The van der Waals surface area contributed by atoms with E-state index in [2.05, 4.69) is 0 Å². The minimum Gasteiger partial charge on any atom is -0.267 e. The molecule has 3 rings (SSSR count). The van der Waals surface area contributed by atoms with E-state index in [9.17, 15) is 22.0 Å². The van der Waals surface area contributed by atoms with Crippen LogP contribution in [-0.4, -0.2) is 19.2 Å². The third-order valence-corrected chi connectivity index (χ3v) is 5.82. The molecule has 0 spiro atoms. The van der Waals surface area contributed by atoms with E-state index in [0.29, 0.717) is 22.9 Å². The van der Waals surface area contributed by atoms with Gasteiger partial charge in [0.1, 0.15) is 16.5 Å². The Morgan fingerprint density at radius 1 is 1.15 bits per heavy atom. The summed E-state index contributed by atoms with van der Waals surface area (Å²) in [4.78, 5) is 11.1. The van der Waals surface area contributed by atoms with Crippen molar-refractivity contribution in [3.63, 3.8) is 0 Å². The lowest BCUT2D eigenvalue weighted by Gasteiger charge is -2.11. The molecule has 0 aliphatic carbocycles. The van der Waals surface area contributed by atoms with Gasteiger partial charge in [-0.25, -0.2) is 17.2 Å². The van der Waals surface area contributed by atoms with Crippen molar-refractivity contribution in [3.8, 4) is 23.0 Å². The summed E-state index contributed by atoms with van der Waals surface area (Å²) in [6.07, 6.45) is 0.782. The van der Waals surface area contributed by atoms with Crippen LogP contribution in [-0.2, 0) is 9.84 Å². The first kappa shape index (κ1) is 18.9. The number of aryl methyl sites for hydroxylation is 1. The lowest BCUT2D eigenvalue weighted by Crippen LogP contribution is -2.13. The monoisotopic (exact) mass is 406 g/mol. The molecule has 0 aliphatic rings. The summed E-state index contributed by atoms with van der Waals surface area (Å²) in [5, 5.41) is 10.4. The highest BCUT2D eigenvalue weighted by molar-refractivity contribution is 7.90. The number of nitriles is 1. The van der Waals surface area contributed by atoms with E-state index in [-0.39, 0.29) is 11.3 Å². The van der Waals surface area contributed by atoms with Crippen molar-refractivity contribution >= 4 is 21.2 Å². The minimum absolute atomic E-state index is 0.0885. The van der Waals surface area contributed by atoms with Gasteiger partial charge in [0.15, 0.2) is 9.84 Å². The summed E-state index contributed by atoms with van der Waals surface area (Å²) < 4.78 is 53.1. The summed E-state index contributed by atoms with van der Waals surface area (Å²) in [6.45, 7) is 1.69. The van der Waals surface area contributed by atoms with Crippen LogP contribution in [0.2, 0.25) is 0 Å². The molecule has 0 atom stereocenters. The SMILES string of the molecule is Cc1cc(-n2c(-c3cc(F)c(S(C)(=O)=O)cc3F)csc2=O)ccc1C#N. The van der Waals surface area contributed by atoms with Crippen LogP contribution in [0, 0.1) is 29.9 Å². The normalized spacial score (nSPS) is 11.4. The molecule has 3 aromatic rings. The van der Waals surface area contributed by atoms with Gasteiger partial charge in [0, 0.05) is 17.2 Å². The summed E-state index contributed by atoms with van der Waals surface area (Å²) in [7, 11) is -3.94. The number of benzene rings is 2. The van der Waals surface area contributed by atoms with Gasteiger partial charge in [-0.2, -0.15) is 5.26 Å². The predicted octanol–water partition coefficient (Wildman–Crippen LogP) is 3.43. The second-order valence-electron chi connectivity index (χ2n) is 5.87. The number of nitrogens with zero attached hydrogens (tertiary/aromatic N) is 2. The Bertz CT molecular complexity index is 1270.